The summed E-state index contributed by atoms with van der Waals surface area (Å²) >= 11 is 0. The lowest BCUT2D eigenvalue weighted by Gasteiger charge is -2.16. The van der Waals surface area contributed by atoms with E-state index in [2.05, 4.69) is 0 Å². The van der Waals surface area contributed by atoms with Gasteiger partial charge in [0.15, 0.2) is 5.78 Å². The van der Waals surface area contributed by atoms with E-state index in [1.54, 1.807) is 18.2 Å². The van der Waals surface area contributed by atoms with Gasteiger partial charge < -0.3 is 5.11 Å². The summed E-state index contributed by atoms with van der Waals surface area (Å²) in [5.41, 5.74) is 3.39. The number of aromatic hydroxyl groups is 1. The molecule has 3 rings (SSSR count). The summed E-state index contributed by atoms with van der Waals surface area (Å²) in [5.74, 6) is 0.228. The van der Waals surface area contributed by atoms with Gasteiger partial charge in [-0.25, -0.2) is 0 Å². The third kappa shape index (κ3) is 1.72. The van der Waals surface area contributed by atoms with E-state index in [-0.39, 0.29) is 11.5 Å². The number of phenols is 1. The van der Waals surface area contributed by atoms with Gasteiger partial charge in [-0.1, -0.05) is 42.5 Å². The van der Waals surface area contributed by atoms with Crippen LogP contribution in [0.3, 0.4) is 0 Å². The molecule has 0 heterocycles. The van der Waals surface area contributed by atoms with E-state index >= 15 is 0 Å². The molecule has 0 amide bonds. The number of carbonyl (C=O) groups excluding carboxylic acids is 1. The van der Waals surface area contributed by atoms with Gasteiger partial charge in [-0.05, 0) is 29.7 Å². The smallest absolute Gasteiger partial charge is 0.186 e. The molecule has 0 spiro atoms. The number of phenolic OH excluding ortho intramolecular Hbond substituents is 1. The zero-order valence-corrected chi connectivity index (χ0v) is 9.76. The number of benzene rings is 2. The van der Waals surface area contributed by atoms with Crippen LogP contribution in [0.4, 0.5) is 0 Å². The van der Waals surface area contributed by atoms with Crippen molar-refractivity contribution in [1.82, 2.24) is 0 Å². The first-order valence-corrected chi connectivity index (χ1v) is 5.87. The largest absolute Gasteiger partial charge is 0.507 e. The monoisotopic (exact) mass is 236 g/mol. The molecular weight excluding hydrogens is 224 g/mol. The van der Waals surface area contributed by atoms with Gasteiger partial charge in [0.25, 0.3) is 0 Å². The first-order valence-electron chi connectivity index (χ1n) is 5.87. The summed E-state index contributed by atoms with van der Waals surface area (Å²) in [5, 5.41) is 9.84. The number of ketones is 1. The van der Waals surface area contributed by atoms with E-state index in [0.717, 1.165) is 22.3 Å². The number of hydrogen-bond donors (Lipinski definition) is 1. The second-order valence-corrected chi connectivity index (χ2v) is 4.38. The molecule has 0 aromatic heterocycles. The number of fused-ring (bicyclic) bond motifs is 1. The van der Waals surface area contributed by atoms with Gasteiger partial charge in [-0.2, -0.15) is 0 Å². The Hall–Kier alpha value is -2.35. The molecule has 0 fully saturated rings. The number of rotatable bonds is 1. The fourth-order valence-corrected chi connectivity index (χ4v) is 2.33. The van der Waals surface area contributed by atoms with Gasteiger partial charge in [0.2, 0.25) is 0 Å². The molecular formula is C16H12O2. The fraction of sp³-hybridized carbons (Fsp3) is 0.0625. The molecule has 18 heavy (non-hydrogen) atoms. The van der Waals surface area contributed by atoms with Crippen molar-refractivity contribution in [2.75, 3.05) is 0 Å². The maximum Gasteiger partial charge on any atom is 0.186 e. The van der Waals surface area contributed by atoms with Gasteiger partial charge in [0.05, 0.1) is 0 Å². The lowest BCUT2D eigenvalue weighted by atomic mass is 9.87. The minimum absolute atomic E-state index is 0.00935. The maximum atomic E-state index is 12.0. The van der Waals surface area contributed by atoms with Crippen LogP contribution in [0.25, 0.3) is 5.57 Å². The summed E-state index contributed by atoms with van der Waals surface area (Å²) in [6.45, 7) is 0. The first kappa shape index (κ1) is 10.8. The minimum Gasteiger partial charge on any atom is -0.507 e. The van der Waals surface area contributed by atoms with Crippen molar-refractivity contribution in [3.05, 3.63) is 71.3 Å². The molecule has 0 saturated carbocycles. The number of para-hydroxylation sites is 1. The van der Waals surface area contributed by atoms with Crippen LogP contribution in [-0.2, 0) is 6.42 Å². The quantitative estimate of drug-likeness (QED) is 0.825. The molecule has 0 saturated heterocycles. The first-order chi connectivity index (χ1) is 8.75. The van der Waals surface area contributed by atoms with Gasteiger partial charge in [-0.3, -0.25) is 4.79 Å². The maximum absolute atomic E-state index is 12.0. The molecule has 1 N–H and O–H groups in total. The lowest BCUT2D eigenvalue weighted by molar-refractivity contribution is 0.104. The Kier molecular flexibility index (Phi) is 2.49. The highest BCUT2D eigenvalue weighted by Crippen LogP contribution is 2.31. The normalized spacial score (nSPS) is 14.0. The molecule has 2 nitrogen and oxygen atoms in total. The molecule has 1 aliphatic rings. The number of hydrogen-bond acceptors (Lipinski definition) is 2. The zero-order chi connectivity index (χ0) is 12.5. The van der Waals surface area contributed by atoms with Crippen molar-refractivity contribution in [2.45, 2.75) is 6.42 Å². The third-order valence-corrected chi connectivity index (χ3v) is 3.22. The Balaban J connectivity index is 2.08. The highest BCUT2D eigenvalue weighted by Gasteiger charge is 2.19. The number of carbonyl (C=O) groups is 1. The molecule has 2 aromatic rings. The van der Waals surface area contributed by atoms with Crippen molar-refractivity contribution in [3.8, 4) is 5.75 Å². The summed E-state index contributed by atoms with van der Waals surface area (Å²) in [4.78, 5) is 12.0. The van der Waals surface area contributed by atoms with E-state index in [1.165, 1.54) is 0 Å². The fourth-order valence-electron chi connectivity index (χ4n) is 2.33. The molecule has 2 aromatic carbocycles. The van der Waals surface area contributed by atoms with Crippen molar-refractivity contribution in [1.29, 1.82) is 0 Å². The van der Waals surface area contributed by atoms with Crippen LogP contribution >= 0.6 is 0 Å². The highest BCUT2D eigenvalue weighted by atomic mass is 16.3. The van der Waals surface area contributed by atoms with Gasteiger partial charge in [0, 0.05) is 11.1 Å². The average molecular weight is 236 g/mol. The molecule has 2 heteroatoms. The topological polar surface area (TPSA) is 37.3 Å². The average Bonchev–Trinajstić information content (AvgIpc) is 2.39. The van der Waals surface area contributed by atoms with Crippen LogP contribution in [0.5, 0.6) is 5.75 Å². The molecule has 0 bridgehead atoms. The Morgan fingerprint density at radius 1 is 0.889 bits per heavy atom. The standard InChI is InChI=1S/C16H12O2/c17-15-8-4-3-7-14(15)12-9-11-5-1-2-6-13(11)16(18)10-12/h1-8,10,17H,9H2. The van der Waals surface area contributed by atoms with Crippen LogP contribution < -0.4 is 0 Å². The van der Waals surface area contributed by atoms with Crippen molar-refractivity contribution < 1.29 is 9.90 Å². The van der Waals surface area contributed by atoms with Crippen LogP contribution in [0.1, 0.15) is 21.5 Å². The third-order valence-electron chi connectivity index (χ3n) is 3.22. The van der Waals surface area contributed by atoms with E-state index in [1.807, 2.05) is 36.4 Å². The second kappa shape index (κ2) is 4.15. The Morgan fingerprint density at radius 3 is 2.33 bits per heavy atom. The zero-order valence-electron chi connectivity index (χ0n) is 9.76. The van der Waals surface area contributed by atoms with E-state index in [9.17, 15) is 9.90 Å². The van der Waals surface area contributed by atoms with Crippen molar-refractivity contribution in [3.63, 3.8) is 0 Å². The predicted octanol–water partition coefficient (Wildman–Crippen LogP) is 3.21. The Labute approximate surface area is 105 Å². The van der Waals surface area contributed by atoms with E-state index in [0.29, 0.717) is 6.42 Å². The van der Waals surface area contributed by atoms with Crippen LogP contribution in [0, 0.1) is 0 Å². The molecule has 0 unspecified atom stereocenters. The van der Waals surface area contributed by atoms with Crippen LogP contribution in [0.15, 0.2) is 54.6 Å². The van der Waals surface area contributed by atoms with Gasteiger partial charge in [-0.15, -0.1) is 0 Å². The van der Waals surface area contributed by atoms with Crippen molar-refractivity contribution >= 4 is 11.4 Å². The Morgan fingerprint density at radius 2 is 1.56 bits per heavy atom. The van der Waals surface area contributed by atoms with Gasteiger partial charge in [0.1, 0.15) is 5.75 Å². The molecule has 0 atom stereocenters. The number of allylic oxidation sites excluding steroid dienone is 2. The summed E-state index contributed by atoms with van der Waals surface area (Å²) in [6, 6.07) is 14.7. The second-order valence-electron chi connectivity index (χ2n) is 4.38. The van der Waals surface area contributed by atoms with Gasteiger partial charge >= 0.3 is 0 Å². The molecule has 88 valence electrons. The summed E-state index contributed by atoms with van der Waals surface area (Å²) in [7, 11) is 0. The van der Waals surface area contributed by atoms with Crippen molar-refractivity contribution in [2.24, 2.45) is 0 Å². The Bertz CT molecular complexity index is 654. The molecule has 0 aliphatic heterocycles. The van der Waals surface area contributed by atoms with E-state index in [4.69, 9.17) is 0 Å². The predicted molar refractivity (Wildman–Crippen MR) is 70.6 cm³/mol. The van der Waals surface area contributed by atoms with Crippen LogP contribution in [0.2, 0.25) is 0 Å². The highest BCUT2D eigenvalue weighted by molar-refractivity contribution is 6.12. The SMILES string of the molecule is O=C1C=C(c2ccccc2O)Cc2ccccc21. The molecule has 1 aliphatic carbocycles. The van der Waals surface area contributed by atoms with E-state index < -0.39 is 0 Å². The lowest BCUT2D eigenvalue weighted by Crippen LogP contribution is -2.09. The minimum atomic E-state index is 0.00935. The molecule has 0 radical (unpaired) electrons. The summed E-state index contributed by atoms with van der Waals surface area (Å²) < 4.78 is 0. The van der Waals surface area contributed by atoms with Crippen LogP contribution in [-0.4, -0.2) is 10.9 Å². The summed E-state index contributed by atoms with van der Waals surface area (Å²) in [6.07, 6.45) is 2.30.